The van der Waals surface area contributed by atoms with Crippen LogP contribution >= 0.6 is 11.3 Å². The molecule has 124 valence electrons. The van der Waals surface area contributed by atoms with Gasteiger partial charge in [-0.15, -0.1) is 26.6 Å². The van der Waals surface area contributed by atoms with E-state index in [2.05, 4.69) is 31.8 Å². The Morgan fingerprint density at radius 2 is 2.20 bits per heavy atom. The van der Waals surface area contributed by atoms with Gasteiger partial charge in [0, 0.05) is 22.8 Å². The van der Waals surface area contributed by atoms with Crippen LogP contribution in [0.4, 0.5) is 5.82 Å². The van der Waals surface area contributed by atoms with Crippen LogP contribution in [0.5, 0.6) is 0 Å². The summed E-state index contributed by atoms with van der Waals surface area (Å²) in [6.45, 7) is 1.96. The lowest BCUT2D eigenvalue weighted by Gasteiger charge is -2.23. The summed E-state index contributed by atoms with van der Waals surface area (Å²) in [5.41, 5.74) is 2.59. The molecule has 5 heterocycles. The summed E-state index contributed by atoms with van der Waals surface area (Å²) in [4.78, 5) is 13.5. The molecule has 25 heavy (non-hydrogen) atoms. The van der Waals surface area contributed by atoms with Gasteiger partial charge in [-0.05, 0) is 30.5 Å². The quantitative estimate of drug-likeness (QED) is 0.598. The van der Waals surface area contributed by atoms with E-state index in [1.54, 1.807) is 20.5 Å². The molecule has 1 amide bonds. The summed E-state index contributed by atoms with van der Waals surface area (Å²) < 4.78 is 3.27. The molecule has 0 fully saturated rings. The summed E-state index contributed by atoms with van der Waals surface area (Å²) in [6.07, 6.45) is 1.96. The Morgan fingerprint density at radius 1 is 1.28 bits per heavy atom. The molecule has 1 aliphatic rings. The normalized spacial score (nSPS) is 16.8. The van der Waals surface area contributed by atoms with E-state index in [1.165, 1.54) is 11.2 Å². The number of amides is 1. The first-order valence-electron chi connectivity index (χ1n) is 7.81. The van der Waals surface area contributed by atoms with E-state index in [9.17, 15) is 4.79 Å². The Bertz CT molecular complexity index is 1100. The van der Waals surface area contributed by atoms with Crippen LogP contribution in [0.15, 0.2) is 36.0 Å². The monoisotopic (exact) mass is 351 g/mol. The zero-order chi connectivity index (χ0) is 17.0. The predicted octanol–water partition coefficient (Wildman–Crippen LogP) is 2.15. The van der Waals surface area contributed by atoms with Gasteiger partial charge in [0.2, 0.25) is 5.91 Å². The number of hydrogen-bond acceptors (Lipinski definition) is 6. The molecular formula is C16H13N7OS. The molecule has 0 spiro atoms. The van der Waals surface area contributed by atoms with Gasteiger partial charge < -0.3 is 5.32 Å². The fourth-order valence-electron chi connectivity index (χ4n) is 3.28. The van der Waals surface area contributed by atoms with Gasteiger partial charge in [0.25, 0.3) is 0 Å². The summed E-state index contributed by atoms with van der Waals surface area (Å²) in [5, 5.41) is 21.9. The number of aryl methyl sites for hydroxylation is 1. The van der Waals surface area contributed by atoms with Crippen LogP contribution in [-0.4, -0.2) is 35.5 Å². The maximum atomic E-state index is 12.3. The van der Waals surface area contributed by atoms with Gasteiger partial charge in [-0.1, -0.05) is 6.07 Å². The summed E-state index contributed by atoms with van der Waals surface area (Å²) in [6, 6.07) is 7.71. The third kappa shape index (κ3) is 2.16. The lowest BCUT2D eigenvalue weighted by molar-refractivity contribution is -0.116. The minimum Gasteiger partial charge on any atom is -0.310 e. The molecule has 0 radical (unpaired) electrons. The van der Waals surface area contributed by atoms with Crippen molar-refractivity contribution in [1.82, 2.24) is 29.6 Å². The van der Waals surface area contributed by atoms with Crippen molar-refractivity contribution >= 4 is 28.7 Å². The molecule has 0 aromatic carbocycles. The minimum absolute atomic E-state index is 0.0163. The smallest absolute Gasteiger partial charge is 0.226 e. The van der Waals surface area contributed by atoms with Crippen molar-refractivity contribution in [2.75, 3.05) is 5.32 Å². The minimum atomic E-state index is -0.0163. The third-order valence-electron chi connectivity index (χ3n) is 4.35. The summed E-state index contributed by atoms with van der Waals surface area (Å²) >= 11 is 1.66. The van der Waals surface area contributed by atoms with Crippen molar-refractivity contribution < 1.29 is 4.79 Å². The Balaban J connectivity index is 1.70. The van der Waals surface area contributed by atoms with Crippen molar-refractivity contribution in [3.05, 3.63) is 52.1 Å². The van der Waals surface area contributed by atoms with Crippen molar-refractivity contribution in [2.45, 2.75) is 19.3 Å². The van der Waals surface area contributed by atoms with E-state index in [0.717, 1.165) is 11.3 Å². The first-order chi connectivity index (χ1) is 12.2. The molecule has 0 bridgehead atoms. The van der Waals surface area contributed by atoms with Gasteiger partial charge >= 0.3 is 0 Å². The molecular weight excluding hydrogens is 338 g/mol. The summed E-state index contributed by atoms with van der Waals surface area (Å²) in [5.74, 6) is 1.30. The molecule has 4 aromatic rings. The van der Waals surface area contributed by atoms with Crippen molar-refractivity contribution in [3.8, 4) is 5.82 Å². The Kier molecular flexibility index (Phi) is 2.98. The van der Waals surface area contributed by atoms with Crippen LogP contribution in [0, 0.1) is 6.92 Å². The Hall–Kier alpha value is -3.07. The molecule has 1 aliphatic heterocycles. The highest BCUT2D eigenvalue weighted by Gasteiger charge is 2.33. The highest BCUT2D eigenvalue weighted by molar-refractivity contribution is 7.10. The van der Waals surface area contributed by atoms with Gasteiger partial charge in [-0.25, -0.2) is 0 Å². The van der Waals surface area contributed by atoms with Crippen LogP contribution in [0.25, 0.3) is 11.5 Å². The number of carbonyl (C=O) groups excluding carboxylic acids is 1. The maximum Gasteiger partial charge on any atom is 0.226 e. The fraction of sp³-hybridized carbons (Fsp3) is 0.188. The second kappa shape index (κ2) is 5.21. The molecule has 4 aromatic heterocycles. The van der Waals surface area contributed by atoms with Crippen molar-refractivity contribution in [2.24, 2.45) is 0 Å². The third-order valence-corrected chi connectivity index (χ3v) is 5.34. The number of carbonyl (C=O) groups is 1. The number of hydrogen-bond donors (Lipinski definition) is 1. The van der Waals surface area contributed by atoms with Crippen LogP contribution in [0.3, 0.4) is 0 Å². The van der Waals surface area contributed by atoms with E-state index in [0.29, 0.717) is 23.7 Å². The van der Waals surface area contributed by atoms with Crippen LogP contribution < -0.4 is 5.32 Å². The van der Waals surface area contributed by atoms with E-state index in [-0.39, 0.29) is 11.8 Å². The molecule has 0 unspecified atom stereocenters. The molecule has 0 aliphatic carbocycles. The second-order valence-corrected chi connectivity index (χ2v) is 6.88. The number of nitrogens with one attached hydrogen (secondary N) is 1. The molecule has 1 atom stereocenters. The van der Waals surface area contributed by atoms with Gasteiger partial charge in [-0.3, -0.25) is 4.79 Å². The number of anilines is 1. The van der Waals surface area contributed by atoms with Crippen LogP contribution in [0.2, 0.25) is 0 Å². The van der Waals surface area contributed by atoms with E-state index >= 15 is 0 Å². The average Bonchev–Trinajstić information content (AvgIpc) is 3.33. The van der Waals surface area contributed by atoms with Gasteiger partial charge in [0.15, 0.2) is 11.5 Å². The van der Waals surface area contributed by atoms with Crippen LogP contribution in [0.1, 0.15) is 28.5 Å². The van der Waals surface area contributed by atoms with Gasteiger partial charge in [0.1, 0.15) is 12.1 Å². The lowest BCUT2D eigenvalue weighted by Crippen LogP contribution is -2.24. The first kappa shape index (κ1) is 14.3. The SMILES string of the molecule is Cc1nn(-c2ccc3nncn3n2)c2c1[C@@H](c1cccs1)CC(=O)N2. The topological polar surface area (TPSA) is 90.0 Å². The van der Waals surface area contributed by atoms with Crippen LogP contribution in [-0.2, 0) is 4.79 Å². The molecule has 0 saturated heterocycles. The average molecular weight is 351 g/mol. The number of aromatic nitrogens is 6. The Morgan fingerprint density at radius 3 is 3.04 bits per heavy atom. The highest BCUT2D eigenvalue weighted by atomic mass is 32.1. The Labute approximate surface area is 146 Å². The molecule has 0 saturated carbocycles. The van der Waals surface area contributed by atoms with Gasteiger partial charge in [-0.2, -0.15) is 14.3 Å². The zero-order valence-corrected chi connectivity index (χ0v) is 14.1. The molecule has 8 nitrogen and oxygen atoms in total. The second-order valence-electron chi connectivity index (χ2n) is 5.91. The van der Waals surface area contributed by atoms with E-state index < -0.39 is 0 Å². The number of nitrogens with zero attached hydrogens (tertiary/aromatic N) is 6. The number of rotatable bonds is 2. The lowest BCUT2D eigenvalue weighted by atomic mass is 9.91. The highest BCUT2D eigenvalue weighted by Crippen LogP contribution is 2.41. The fourth-order valence-corrected chi connectivity index (χ4v) is 4.11. The van der Waals surface area contributed by atoms with Crippen molar-refractivity contribution in [1.29, 1.82) is 0 Å². The number of fused-ring (bicyclic) bond motifs is 2. The molecule has 1 N–H and O–H groups in total. The van der Waals surface area contributed by atoms with Gasteiger partial charge in [0.05, 0.1) is 5.69 Å². The number of thiophene rings is 1. The zero-order valence-electron chi connectivity index (χ0n) is 13.2. The molecule has 9 heteroatoms. The van der Waals surface area contributed by atoms with Crippen molar-refractivity contribution in [3.63, 3.8) is 0 Å². The standard InChI is InChI=1S/C16H13N7OS/c1-9-15-10(11-3-2-6-25-11)7-14(24)18-16(15)23(20-9)13-5-4-12-19-17-8-22(12)21-13/h2-6,8,10H,7H2,1H3,(H,18,24)/t10-/m1/s1. The predicted molar refractivity (Wildman–Crippen MR) is 92.0 cm³/mol. The maximum absolute atomic E-state index is 12.3. The van der Waals surface area contributed by atoms with E-state index in [4.69, 9.17) is 0 Å². The molecule has 5 rings (SSSR count). The van der Waals surface area contributed by atoms with E-state index in [1.807, 2.05) is 30.5 Å². The summed E-state index contributed by atoms with van der Waals surface area (Å²) in [7, 11) is 0. The first-order valence-corrected chi connectivity index (χ1v) is 8.69. The largest absolute Gasteiger partial charge is 0.310 e.